The molecule has 2 aromatic heterocycles. The summed E-state index contributed by atoms with van der Waals surface area (Å²) in [6.45, 7) is 19.9. The lowest BCUT2D eigenvalue weighted by Crippen LogP contribution is -2.12. The van der Waals surface area contributed by atoms with E-state index in [-0.39, 0.29) is 10.8 Å². The summed E-state index contributed by atoms with van der Waals surface area (Å²) in [5.41, 5.74) is 4.61. The molecule has 180 valence electrons. The van der Waals surface area contributed by atoms with Gasteiger partial charge in [0.05, 0.1) is 0 Å². The molecule has 0 aliphatic heterocycles. The van der Waals surface area contributed by atoms with E-state index in [0.29, 0.717) is 5.41 Å². The van der Waals surface area contributed by atoms with Crippen molar-refractivity contribution in [2.45, 2.75) is 78.6 Å². The summed E-state index contributed by atoms with van der Waals surface area (Å²) in [5.74, 6) is 0. The molecule has 0 aliphatic carbocycles. The largest absolute Gasteiger partial charge is 0.264 e. The van der Waals surface area contributed by atoms with E-state index in [9.17, 15) is 0 Å². The lowest BCUT2D eigenvalue weighted by molar-refractivity contribution is 0.569. The lowest BCUT2D eigenvalue weighted by atomic mass is 9.86. The molecule has 0 N–H and O–H groups in total. The summed E-state index contributed by atoms with van der Waals surface area (Å²) in [7, 11) is 0. The van der Waals surface area contributed by atoms with Crippen LogP contribution in [0.25, 0.3) is 10.8 Å². The highest BCUT2D eigenvalue weighted by molar-refractivity contribution is 5.82. The number of fused-ring (bicyclic) bond motifs is 1. The fourth-order valence-corrected chi connectivity index (χ4v) is 3.29. The van der Waals surface area contributed by atoms with Gasteiger partial charge in [-0.15, -0.1) is 0 Å². The van der Waals surface area contributed by atoms with Crippen molar-refractivity contribution in [1.82, 2.24) is 9.97 Å². The quantitative estimate of drug-likeness (QED) is 0.265. The Morgan fingerprint density at radius 3 is 1.59 bits per heavy atom. The molecule has 0 spiro atoms. The van der Waals surface area contributed by atoms with Gasteiger partial charge in [0, 0.05) is 35.1 Å². The third-order valence-corrected chi connectivity index (χ3v) is 5.58. The Bertz CT molecular complexity index is 1080. The van der Waals surface area contributed by atoms with Gasteiger partial charge in [-0.05, 0) is 45.5 Å². The molecular formula is C32H42N2. The SMILES string of the molecule is CC(C)(C)c1ccc2cnccc2c1.CC(C)(C)c1ccccc1.CC(C)(C)c1ccccn1. The van der Waals surface area contributed by atoms with Crippen LogP contribution in [-0.4, -0.2) is 9.97 Å². The van der Waals surface area contributed by atoms with Gasteiger partial charge >= 0.3 is 0 Å². The smallest absolute Gasteiger partial charge is 0.0457 e. The number of benzene rings is 2. The molecule has 0 atom stereocenters. The maximum Gasteiger partial charge on any atom is 0.0457 e. The summed E-state index contributed by atoms with van der Waals surface area (Å²) < 4.78 is 0. The number of rotatable bonds is 0. The van der Waals surface area contributed by atoms with Gasteiger partial charge in [0.25, 0.3) is 0 Å². The van der Waals surface area contributed by atoms with Crippen molar-refractivity contribution in [2.24, 2.45) is 0 Å². The first-order valence-electron chi connectivity index (χ1n) is 12.1. The van der Waals surface area contributed by atoms with Gasteiger partial charge in [0.1, 0.15) is 0 Å². The minimum atomic E-state index is 0.182. The highest BCUT2D eigenvalue weighted by Crippen LogP contribution is 2.25. The molecule has 0 unspecified atom stereocenters. The first-order chi connectivity index (χ1) is 15.8. The molecule has 0 bridgehead atoms. The number of hydrogen-bond donors (Lipinski definition) is 0. The monoisotopic (exact) mass is 454 g/mol. The van der Waals surface area contributed by atoms with E-state index in [2.05, 4.69) is 133 Å². The second-order valence-corrected chi connectivity index (χ2v) is 11.8. The zero-order valence-electron chi connectivity index (χ0n) is 22.6. The molecule has 0 aliphatic rings. The molecule has 0 radical (unpaired) electrons. The van der Waals surface area contributed by atoms with Gasteiger partial charge in [-0.2, -0.15) is 0 Å². The van der Waals surface area contributed by atoms with Crippen LogP contribution in [0.4, 0.5) is 0 Å². The summed E-state index contributed by atoms with van der Waals surface area (Å²) in [4.78, 5) is 8.35. The molecule has 34 heavy (non-hydrogen) atoms. The second kappa shape index (κ2) is 11.4. The first-order valence-corrected chi connectivity index (χ1v) is 12.1. The highest BCUT2D eigenvalue weighted by atomic mass is 14.7. The van der Waals surface area contributed by atoms with Crippen LogP contribution >= 0.6 is 0 Å². The van der Waals surface area contributed by atoms with E-state index in [1.54, 1.807) is 0 Å². The Morgan fingerprint density at radius 2 is 1.12 bits per heavy atom. The average molecular weight is 455 g/mol. The fourth-order valence-electron chi connectivity index (χ4n) is 3.29. The van der Waals surface area contributed by atoms with Gasteiger partial charge in [-0.1, -0.05) is 117 Å². The van der Waals surface area contributed by atoms with Crippen molar-refractivity contribution in [3.63, 3.8) is 0 Å². The Balaban J connectivity index is 0.000000185. The van der Waals surface area contributed by atoms with Crippen molar-refractivity contribution < 1.29 is 0 Å². The molecule has 4 rings (SSSR count). The highest BCUT2D eigenvalue weighted by Gasteiger charge is 2.14. The zero-order valence-corrected chi connectivity index (χ0v) is 22.6. The van der Waals surface area contributed by atoms with Crippen LogP contribution in [0.1, 0.15) is 79.1 Å². The van der Waals surface area contributed by atoms with E-state index >= 15 is 0 Å². The fraction of sp³-hybridized carbons (Fsp3) is 0.375. The normalized spacial score (nSPS) is 11.7. The topological polar surface area (TPSA) is 25.8 Å². The van der Waals surface area contributed by atoms with Crippen LogP contribution in [0.2, 0.25) is 0 Å². The number of nitrogens with zero attached hydrogens (tertiary/aromatic N) is 2. The van der Waals surface area contributed by atoms with Crippen LogP contribution in [-0.2, 0) is 16.2 Å². The van der Waals surface area contributed by atoms with Gasteiger partial charge in [0.2, 0.25) is 0 Å². The van der Waals surface area contributed by atoms with Gasteiger partial charge in [0.15, 0.2) is 0 Å². The Hall–Kier alpha value is -3.00. The van der Waals surface area contributed by atoms with Crippen LogP contribution in [0.15, 0.2) is 91.4 Å². The van der Waals surface area contributed by atoms with E-state index in [4.69, 9.17) is 0 Å². The molecule has 2 heteroatoms. The van der Waals surface area contributed by atoms with Crippen molar-refractivity contribution in [1.29, 1.82) is 0 Å². The van der Waals surface area contributed by atoms with E-state index < -0.39 is 0 Å². The Labute approximate surface area is 207 Å². The predicted octanol–water partition coefficient (Wildman–Crippen LogP) is 8.90. The second-order valence-electron chi connectivity index (χ2n) is 11.8. The third-order valence-electron chi connectivity index (χ3n) is 5.58. The number of aromatic nitrogens is 2. The predicted molar refractivity (Wildman–Crippen MR) is 149 cm³/mol. The van der Waals surface area contributed by atoms with Crippen LogP contribution in [0.3, 0.4) is 0 Å². The molecule has 0 amide bonds. The summed E-state index contributed by atoms with van der Waals surface area (Å²) >= 11 is 0. The minimum Gasteiger partial charge on any atom is -0.264 e. The van der Waals surface area contributed by atoms with Crippen molar-refractivity contribution >= 4 is 10.8 Å². The molecular weight excluding hydrogens is 412 g/mol. The van der Waals surface area contributed by atoms with Gasteiger partial charge in [-0.25, -0.2) is 0 Å². The maximum absolute atomic E-state index is 4.25. The van der Waals surface area contributed by atoms with Crippen LogP contribution < -0.4 is 0 Å². The Kier molecular flexibility index (Phi) is 9.15. The lowest BCUT2D eigenvalue weighted by Gasteiger charge is -2.19. The van der Waals surface area contributed by atoms with Gasteiger partial charge in [-0.3, -0.25) is 9.97 Å². The first kappa shape index (κ1) is 27.2. The molecule has 4 aromatic rings. The average Bonchev–Trinajstić information content (AvgIpc) is 2.79. The van der Waals surface area contributed by atoms with E-state index in [1.165, 1.54) is 21.9 Å². The number of hydrogen-bond acceptors (Lipinski definition) is 2. The van der Waals surface area contributed by atoms with Gasteiger partial charge < -0.3 is 0 Å². The third kappa shape index (κ3) is 8.74. The molecule has 2 heterocycles. The summed E-state index contributed by atoms with van der Waals surface area (Å²) in [6, 6.07) is 25.2. The maximum atomic E-state index is 4.25. The van der Waals surface area contributed by atoms with E-state index in [1.807, 2.05) is 30.7 Å². The zero-order chi connectivity index (χ0) is 25.4. The van der Waals surface area contributed by atoms with Crippen molar-refractivity contribution in [3.8, 4) is 0 Å². The summed E-state index contributed by atoms with van der Waals surface area (Å²) in [5, 5.41) is 2.48. The van der Waals surface area contributed by atoms with Crippen molar-refractivity contribution in [2.75, 3.05) is 0 Å². The molecule has 0 saturated heterocycles. The molecule has 0 fully saturated rings. The van der Waals surface area contributed by atoms with Crippen LogP contribution in [0.5, 0.6) is 0 Å². The molecule has 2 nitrogen and oxygen atoms in total. The Morgan fingerprint density at radius 1 is 0.500 bits per heavy atom. The minimum absolute atomic E-state index is 0.182. The summed E-state index contributed by atoms with van der Waals surface area (Å²) in [6.07, 6.45) is 5.58. The van der Waals surface area contributed by atoms with Crippen LogP contribution in [0, 0.1) is 0 Å². The molecule has 2 aromatic carbocycles. The number of pyridine rings is 2. The van der Waals surface area contributed by atoms with E-state index in [0.717, 1.165) is 5.69 Å². The molecule has 0 saturated carbocycles. The standard InChI is InChI=1S/C13H15N.C10H14.C9H13N/c1-13(2,3)12-5-4-11-9-14-7-6-10(11)8-12;1-10(2,3)9-7-5-4-6-8-9;1-9(2,3)8-6-4-5-7-10-8/h4-9H,1-3H3;4-8H,1-3H3;4-7H,1-3H3. The van der Waals surface area contributed by atoms with Crippen molar-refractivity contribution in [3.05, 3.63) is 108 Å².